The molecule has 2 heterocycles. The highest BCUT2D eigenvalue weighted by Crippen LogP contribution is 2.41. The fourth-order valence-electron chi connectivity index (χ4n) is 5.14. The van der Waals surface area contributed by atoms with E-state index in [1.165, 1.54) is 0 Å². The molecule has 2 aromatic rings. The Morgan fingerprint density at radius 3 is 2.54 bits per heavy atom. The van der Waals surface area contributed by atoms with Crippen LogP contribution >= 0.6 is 0 Å². The number of aromatic nitrogens is 2. The number of nitrogens with two attached hydrogens (primary N) is 1. The Kier molecular flexibility index (Phi) is 7.05. The number of carbonyl (C=O) groups is 2. The quantitative estimate of drug-likeness (QED) is 0.501. The number of hydrogen-bond donors (Lipinski definition) is 4. The van der Waals surface area contributed by atoms with Crippen molar-refractivity contribution in [2.45, 2.75) is 62.9 Å². The van der Waals surface area contributed by atoms with Crippen LogP contribution in [-0.4, -0.2) is 47.6 Å². The fraction of sp³-hybridized carbons (Fsp3) is 0.480. The van der Waals surface area contributed by atoms with Crippen LogP contribution in [0.25, 0.3) is 0 Å². The molecule has 1 saturated heterocycles. The highest BCUT2D eigenvalue weighted by Gasteiger charge is 2.35. The predicted molar refractivity (Wildman–Crippen MR) is 133 cm³/mol. The molecule has 1 aliphatic heterocycles. The molecule has 1 saturated carbocycles. The zero-order chi connectivity index (χ0) is 25.0. The van der Waals surface area contributed by atoms with Crippen LogP contribution in [0.15, 0.2) is 30.5 Å². The molecule has 2 unspecified atom stereocenters. The zero-order valence-electron chi connectivity index (χ0n) is 20.2. The van der Waals surface area contributed by atoms with Gasteiger partial charge in [-0.2, -0.15) is 5.26 Å². The number of anilines is 3. The highest BCUT2D eigenvalue weighted by atomic mass is 16.2. The predicted octanol–water partition coefficient (Wildman–Crippen LogP) is 2.94. The van der Waals surface area contributed by atoms with E-state index in [-0.39, 0.29) is 29.6 Å². The molecule has 3 amide bonds. The molecule has 2 atom stereocenters. The van der Waals surface area contributed by atoms with Gasteiger partial charge >= 0.3 is 6.03 Å². The van der Waals surface area contributed by atoms with Gasteiger partial charge in [-0.3, -0.25) is 4.79 Å². The van der Waals surface area contributed by atoms with Crippen molar-refractivity contribution in [3.63, 3.8) is 0 Å². The summed E-state index contributed by atoms with van der Waals surface area (Å²) in [7, 11) is 1.59. The normalized spacial score (nSPS) is 21.1. The molecule has 0 spiro atoms. The highest BCUT2D eigenvalue weighted by molar-refractivity contribution is 5.96. The summed E-state index contributed by atoms with van der Waals surface area (Å²) in [4.78, 5) is 35.0. The summed E-state index contributed by atoms with van der Waals surface area (Å²) < 4.78 is 0. The minimum Gasteiger partial charge on any atom is -0.364 e. The molecule has 10 nitrogen and oxygen atoms in total. The third kappa shape index (κ3) is 4.99. The van der Waals surface area contributed by atoms with Crippen LogP contribution in [-0.2, 0) is 5.41 Å². The number of benzene rings is 1. The monoisotopic (exact) mass is 476 g/mol. The summed E-state index contributed by atoms with van der Waals surface area (Å²) in [6.07, 6.45) is 7.16. The van der Waals surface area contributed by atoms with Crippen molar-refractivity contribution < 1.29 is 9.59 Å². The lowest BCUT2D eigenvalue weighted by atomic mass is 9.80. The largest absolute Gasteiger partial charge is 0.364 e. The van der Waals surface area contributed by atoms with Gasteiger partial charge in [0, 0.05) is 25.3 Å². The maximum atomic E-state index is 12.1. The average Bonchev–Trinajstić information content (AvgIpc) is 3.36. The number of carbonyl (C=O) groups excluding carboxylic acids is 2. The maximum Gasteiger partial charge on any atom is 0.314 e. The van der Waals surface area contributed by atoms with Gasteiger partial charge in [-0.25, -0.2) is 14.8 Å². The van der Waals surface area contributed by atoms with Crippen molar-refractivity contribution in [3.05, 3.63) is 41.7 Å². The van der Waals surface area contributed by atoms with Crippen LogP contribution in [0, 0.1) is 11.3 Å². The minimum atomic E-state index is -0.677. The molecule has 0 radical (unpaired) electrons. The van der Waals surface area contributed by atoms with E-state index < -0.39 is 11.3 Å². The summed E-state index contributed by atoms with van der Waals surface area (Å²) >= 11 is 0. The molecule has 1 aromatic carbocycles. The van der Waals surface area contributed by atoms with E-state index in [2.05, 4.69) is 31.9 Å². The Morgan fingerprint density at radius 1 is 1.20 bits per heavy atom. The van der Waals surface area contributed by atoms with E-state index in [9.17, 15) is 14.9 Å². The Morgan fingerprint density at radius 2 is 1.91 bits per heavy atom. The van der Waals surface area contributed by atoms with Gasteiger partial charge in [0.05, 0.1) is 23.7 Å². The average molecular weight is 477 g/mol. The third-order valence-electron chi connectivity index (χ3n) is 7.19. The Balaban J connectivity index is 1.58. The summed E-state index contributed by atoms with van der Waals surface area (Å²) in [5.74, 6) is 0.190. The molecule has 2 fully saturated rings. The van der Waals surface area contributed by atoms with E-state index in [1.807, 2.05) is 31.2 Å². The molecule has 1 aromatic heterocycles. The van der Waals surface area contributed by atoms with Crippen molar-refractivity contribution in [3.8, 4) is 6.07 Å². The number of piperidine rings is 1. The van der Waals surface area contributed by atoms with Crippen molar-refractivity contribution in [2.75, 3.05) is 23.8 Å². The zero-order valence-corrected chi connectivity index (χ0v) is 20.2. The van der Waals surface area contributed by atoms with Gasteiger partial charge in [0.1, 0.15) is 5.82 Å². The third-order valence-corrected chi connectivity index (χ3v) is 7.19. The van der Waals surface area contributed by atoms with Crippen LogP contribution in [0.4, 0.5) is 22.1 Å². The fourth-order valence-corrected chi connectivity index (χ4v) is 5.14. The Bertz CT molecular complexity index is 1120. The minimum absolute atomic E-state index is 0.0181. The molecule has 10 heteroatoms. The van der Waals surface area contributed by atoms with Gasteiger partial charge < -0.3 is 26.6 Å². The first-order valence-electron chi connectivity index (χ1n) is 12.1. The lowest BCUT2D eigenvalue weighted by molar-refractivity contribution is 0.0996. The van der Waals surface area contributed by atoms with Gasteiger partial charge in [0.2, 0.25) is 0 Å². The van der Waals surface area contributed by atoms with E-state index in [1.54, 1.807) is 13.2 Å². The molecule has 184 valence electrons. The summed E-state index contributed by atoms with van der Waals surface area (Å²) in [6, 6.07) is 9.92. The van der Waals surface area contributed by atoms with Gasteiger partial charge in [-0.15, -0.1) is 0 Å². The lowest BCUT2D eigenvalue weighted by Gasteiger charge is -2.40. The summed E-state index contributed by atoms with van der Waals surface area (Å²) in [5.41, 5.74) is 6.94. The molecular formula is C25H32N8O2. The van der Waals surface area contributed by atoms with Crippen molar-refractivity contribution >= 4 is 29.3 Å². The Hall–Kier alpha value is -3.87. The van der Waals surface area contributed by atoms with Gasteiger partial charge in [0.15, 0.2) is 11.5 Å². The molecule has 0 bridgehead atoms. The number of nitriles is 1. The van der Waals surface area contributed by atoms with Crippen molar-refractivity contribution in [1.29, 1.82) is 5.26 Å². The summed E-state index contributed by atoms with van der Waals surface area (Å²) in [5, 5.41) is 18.5. The maximum absolute atomic E-state index is 12.1. The number of hydrogen-bond acceptors (Lipinski definition) is 7. The van der Waals surface area contributed by atoms with Gasteiger partial charge in [0.25, 0.3) is 5.91 Å². The van der Waals surface area contributed by atoms with Crippen molar-refractivity contribution in [1.82, 2.24) is 20.6 Å². The first-order chi connectivity index (χ1) is 16.9. The lowest BCUT2D eigenvalue weighted by Crippen LogP contribution is -2.55. The van der Waals surface area contributed by atoms with Crippen LogP contribution in [0.5, 0.6) is 0 Å². The van der Waals surface area contributed by atoms with Gasteiger partial charge in [-0.05, 0) is 50.3 Å². The topological polar surface area (TPSA) is 149 Å². The van der Waals surface area contributed by atoms with Gasteiger partial charge in [-0.1, -0.05) is 25.0 Å². The molecule has 2 aliphatic rings. The number of primary amides is 1. The number of urea groups is 1. The smallest absolute Gasteiger partial charge is 0.314 e. The van der Waals surface area contributed by atoms with Crippen LogP contribution in [0.3, 0.4) is 0 Å². The molecule has 4 rings (SSSR count). The van der Waals surface area contributed by atoms with Crippen molar-refractivity contribution in [2.24, 2.45) is 5.73 Å². The summed E-state index contributed by atoms with van der Waals surface area (Å²) in [6.45, 7) is 2.78. The molecule has 5 N–H and O–H groups in total. The van der Waals surface area contributed by atoms with E-state index in [4.69, 9.17) is 10.7 Å². The molecule has 1 aliphatic carbocycles. The molecule has 35 heavy (non-hydrogen) atoms. The van der Waals surface area contributed by atoms with Crippen LogP contribution < -0.4 is 26.6 Å². The number of nitrogens with zero attached hydrogens (tertiary/aromatic N) is 4. The Labute approximate surface area is 205 Å². The molecular weight excluding hydrogens is 444 g/mol. The number of amides is 3. The first kappa shape index (κ1) is 24.3. The van der Waals surface area contributed by atoms with E-state index in [0.717, 1.165) is 56.3 Å². The van der Waals surface area contributed by atoms with Crippen LogP contribution in [0.2, 0.25) is 0 Å². The SMILES string of the molecule is CNC(=O)NC1CCCN(c2cnc(C(N)=O)c(Nc3ccc(C4(C#N)CCCC4)cc3)n2)C1C. The second-order valence-electron chi connectivity index (χ2n) is 9.30. The second kappa shape index (κ2) is 10.2. The van der Waals surface area contributed by atoms with E-state index in [0.29, 0.717) is 5.82 Å². The second-order valence-corrected chi connectivity index (χ2v) is 9.30. The van der Waals surface area contributed by atoms with E-state index >= 15 is 0 Å². The number of nitrogens with one attached hydrogen (secondary N) is 3. The number of rotatable bonds is 6. The van der Waals surface area contributed by atoms with Crippen LogP contribution in [0.1, 0.15) is 61.5 Å². The first-order valence-corrected chi connectivity index (χ1v) is 12.1. The standard InChI is InChI=1S/C25H32N8O2/c1-16-19(31-24(35)28-2)6-5-13-33(16)20-14-29-21(22(27)34)23(32-20)30-18-9-7-17(8-10-18)25(15-26)11-3-4-12-25/h7-10,14,16,19H,3-6,11-13H2,1-2H3,(H2,27,34)(H,30,32)(H2,28,31,35).